The highest BCUT2D eigenvalue weighted by Gasteiger charge is 2.16. The second kappa shape index (κ2) is 6.68. The van der Waals surface area contributed by atoms with E-state index in [4.69, 9.17) is 5.73 Å². The summed E-state index contributed by atoms with van der Waals surface area (Å²) in [6.07, 6.45) is 0.468. The number of anilines is 1. The number of benzene rings is 2. The van der Waals surface area contributed by atoms with E-state index in [1.54, 1.807) is 11.9 Å². The molecule has 0 fully saturated rings. The molecule has 2 aromatic rings. The molecule has 0 aliphatic rings. The molecule has 0 aromatic heterocycles. The molecule has 0 spiro atoms. The van der Waals surface area contributed by atoms with Crippen LogP contribution in [0.1, 0.15) is 16.7 Å². The van der Waals surface area contributed by atoms with Crippen molar-refractivity contribution in [1.29, 1.82) is 0 Å². The van der Waals surface area contributed by atoms with Crippen LogP contribution in [-0.4, -0.2) is 13.6 Å². The summed E-state index contributed by atoms with van der Waals surface area (Å²) in [6.45, 7) is 2.81. The van der Waals surface area contributed by atoms with Crippen LogP contribution in [0.4, 0.5) is 14.5 Å². The Hall–Kier alpha value is -1.94. The summed E-state index contributed by atoms with van der Waals surface area (Å²) in [5.41, 5.74) is 8.15. The Morgan fingerprint density at radius 3 is 2.29 bits per heavy atom. The lowest BCUT2D eigenvalue weighted by atomic mass is 10.1. The molecule has 0 aliphatic carbocycles. The second-order valence-electron chi connectivity index (χ2n) is 5.23. The van der Waals surface area contributed by atoms with Crippen molar-refractivity contribution in [1.82, 2.24) is 0 Å². The van der Waals surface area contributed by atoms with Crippen LogP contribution in [0.5, 0.6) is 0 Å². The maximum atomic E-state index is 14.2. The Morgan fingerprint density at radius 1 is 1.10 bits per heavy atom. The predicted octanol–water partition coefficient (Wildman–Crippen LogP) is 3.41. The molecule has 0 amide bonds. The van der Waals surface area contributed by atoms with Gasteiger partial charge in [0, 0.05) is 13.6 Å². The van der Waals surface area contributed by atoms with E-state index in [-0.39, 0.29) is 5.69 Å². The molecule has 112 valence electrons. The van der Waals surface area contributed by atoms with Crippen molar-refractivity contribution >= 4 is 5.69 Å². The lowest BCUT2D eigenvalue weighted by molar-refractivity contribution is 0.573. The van der Waals surface area contributed by atoms with Crippen LogP contribution in [0.25, 0.3) is 0 Å². The van der Waals surface area contributed by atoms with E-state index >= 15 is 0 Å². The molecule has 0 atom stereocenters. The van der Waals surface area contributed by atoms with Gasteiger partial charge in [-0.05, 0) is 48.7 Å². The van der Waals surface area contributed by atoms with Gasteiger partial charge in [0.05, 0.1) is 0 Å². The van der Waals surface area contributed by atoms with Gasteiger partial charge in [0.1, 0.15) is 17.3 Å². The van der Waals surface area contributed by atoms with Crippen LogP contribution < -0.4 is 10.6 Å². The minimum Gasteiger partial charge on any atom is -0.366 e. The third-order valence-electron chi connectivity index (χ3n) is 3.56. The molecule has 2 N–H and O–H groups in total. The van der Waals surface area contributed by atoms with Gasteiger partial charge >= 0.3 is 0 Å². The molecule has 0 saturated heterocycles. The minimum absolute atomic E-state index is 0.000903. The number of nitrogens with two attached hydrogens (primary N) is 1. The van der Waals surface area contributed by atoms with Crippen LogP contribution in [0.3, 0.4) is 0 Å². The molecular formula is C17H20F2N2. The highest BCUT2D eigenvalue weighted by atomic mass is 19.1. The Kier molecular flexibility index (Phi) is 4.91. The summed E-state index contributed by atoms with van der Waals surface area (Å²) in [5.74, 6) is -1.09. The second-order valence-corrected chi connectivity index (χ2v) is 5.23. The van der Waals surface area contributed by atoms with Crippen molar-refractivity contribution in [2.24, 2.45) is 5.73 Å². The number of nitrogens with zero attached hydrogens (tertiary/aromatic N) is 1. The standard InChI is InChI=1S/C17H20F2N2/c1-12-5-3-4-6-14(12)11-21(2)17-15(18)9-13(7-8-20)10-16(17)19/h3-6,9-10H,7-8,11,20H2,1-2H3. The summed E-state index contributed by atoms with van der Waals surface area (Å²) in [5, 5.41) is 0. The molecule has 4 heteroatoms. The number of aryl methyl sites for hydroxylation is 1. The van der Waals surface area contributed by atoms with Gasteiger partial charge in [-0.25, -0.2) is 8.78 Å². The molecule has 0 heterocycles. The van der Waals surface area contributed by atoms with Crippen molar-refractivity contribution in [2.75, 3.05) is 18.5 Å². The van der Waals surface area contributed by atoms with Crippen LogP contribution in [0.2, 0.25) is 0 Å². The fourth-order valence-electron chi connectivity index (χ4n) is 2.42. The molecule has 0 bridgehead atoms. The topological polar surface area (TPSA) is 29.3 Å². The normalized spacial score (nSPS) is 10.7. The first-order valence-electron chi connectivity index (χ1n) is 6.96. The molecule has 0 aliphatic heterocycles. The first kappa shape index (κ1) is 15.4. The SMILES string of the molecule is Cc1ccccc1CN(C)c1c(F)cc(CCN)cc1F. The van der Waals surface area contributed by atoms with Gasteiger partial charge in [-0.2, -0.15) is 0 Å². The third-order valence-corrected chi connectivity index (χ3v) is 3.56. The quantitative estimate of drug-likeness (QED) is 0.914. The first-order valence-corrected chi connectivity index (χ1v) is 6.96. The molecular weight excluding hydrogens is 270 g/mol. The zero-order valence-corrected chi connectivity index (χ0v) is 12.4. The Morgan fingerprint density at radius 2 is 1.71 bits per heavy atom. The maximum Gasteiger partial charge on any atom is 0.149 e. The van der Waals surface area contributed by atoms with Crippen LogP contribution in [0.15, 0.2) is 36.4 Å². The van der Waals surface area contributed by atoms with Gasteiger partial charge in [-0.3, -0.25) is 0 Å². The van der Waals surface area contributed by atoms with Gasteiger partial charge in [-0.15, -0.1) is 0 Å². The summed E-state index contributed by atoms with van der Waals surface area (Å²) < 4.78 is 28.3. The summed E-state index contributed by atoms with van der Waals surface area (Å²) in [6, 6.07) is 10.5. The monoisotopic (exact) mass is 290 g/mol. The molecule has 2 aromatic carbocycles. The smallest absolute Gasteiger partial charge is 0.149 e. The van der Waals surface area contributed by atoms with Crippen molar-refractivity contribution < 1.29 is 8.78 Å². The fraction of sp³-hybridized carbons (Fsp3) is 0.294. The molecule has 0 radical (unpaired) electrons. The van der Waals surface area contributed by atoms with E-state index in [9.17, 15) is 8.78 Å². The summed E-state index contributed by atoms with van der Waals surface area (Å²) in [4.78, 5) is 1.60. The number of hydrogen-bond donors (Lipinski definition) is 1. The Bertz CT molecular complexity index is 603. The van der Waals surface area contributed by atoms with E-state index in [0.717, 1.165) is 11.1 Å². The molecule has 2 nitrogen and oxygen atoms in total. The third kappa shape index (κ3) is 3.58. The fourth-order valence-corrected chi connectivity index (χ4v) is 2.42. The van der Waals surface area contributed by atoms with E-state index in [1.807, 2.05) is 31.2 Å². The Balaban J connectivity index is 2.27. The van der Waals surface area contributed by atoms with E-state index in [1.165, 1.54) is 12.1 Å². The zero-order valence-electron chi connectivity index (χ0n) is 12.4. The van der Waals surface area contributed by atoms with Gasteiger partial charge in [0.15, 0.2) is 0 Å². The highest BCUT2D eigenvalue weighted by Crippen LogP contribution is 2.26. The summed E-state index contributed by atoms with van der Waals surface area (Å²) >= 11 is 0. The lowest BCUT2D eigenvalue weighted by Crippen LogP contribution is -2.20. The minimum atomic E-state index is -0.547. The van der Waals surface area contributed by atoms with Crippen molar-refractivity contribution in [3.05, 3.63) is 64.7 Å². The molecule has 2 rings (SSSR count). The summed E-state index contributed by atoms with van der Waals surface area (Å²) in [7, 11) is 1.69. The average molecular weight is 290 g/mol. The van der Waals surface area contributed by atoms with Crippen LogP contribution in [-0.2, 0) is 13.0 Å². The van der Waals surface area contributed by atoms with Crippen LogP contribution in [0, 0.1) is 18.6 Å². The van der Waals surface area contributed by atoms with Crippen molar-refractivity contribution in [3.63, 3.8) is 0 Å². The number of hydrogen-bond acceptors (Lipinski definition) is 2. The number of rotatable bonds is 5. The van der Waals surface area contributed by atoms with E-state index in [0.29, 0.717) is 25.1 Å². The maximum absolute atomic E-state index is 14.2. The first-order chi connectivity index (χ1) is 10.0. The van der Waals surface area contributed by atoms with E-state index in [2.05, 4.69) is 0 Å². The van der Waals surface area contributed by atoms with Gasteiger partial charge in [0.25, 0.3) is 0 Å². The molecule has 0 saturated carbocycles. The van der Waals surface area contributed by atoms with Crippen LogP contribution >= 0.6 is 0 Å². The molecule has 0 unspecified atom stereocenters. The van der Waals surface area contributed by atoms with Gasteiger partial charge < -0.3 is 10.6 Å². The highest BCUT2D eigenvalue weighted by molar-refractivity contribution is 5.51. The van der Waals surface area contributed by atoms with Crippen molar-refractivity contribution in [2.45, 2.75) is 19.9 Å². The Labute approximate surface area is 124 Å². The largest absolute Gasteiger partial charge is 0.366 e. The van der Waals surface area contributed by atoms with Gasteiger partial charge in [-0.1, -0.05) is 24.3 Å². The number of halogens is 2. The molecule has 21 heavy (non-hydrogen) atoms. The zero-order chi connectivity index (χ0) is 15.4. The average Bonchev–Trinajstić information content (AvgIpc) is 2.41. The predicted molar refractivity (Wildman–Crippen MR) is 82.4 cm³/mol. The van der Waals surface area contributed by atoms with Crippen molar-refractivity contribution in [3.8, 4) is 0 Å². The van der Waals surface area contributed by atoms with E-state index < -0.39 is 11.6 Å². The van der Waals surface area contributed by atoms with Gasteiger partial charge in [0.2, 0.25) is 0 Å². The lowest BCUT2D eigenvalue weighted by Gasteiger charge is -2.22.